The number of nitrogens with zero attached hydrogens (tertiary/aromatic N) is 4. The molecule has 212 valence electrons. The van der Waals surface area contributed by atoms with Crippen LogP contribution in [0.15, 0.2) is 48.8 Å². The first-order chi connectivity index (χ1) is 19.9. The number of piperidine rings is 1. The molecule has 2 aliphatic carbocycles. The summed E-state index contributed by atoms with van der Waals surface area (Å²) in [7, 11) is 1.89. The molecule has 41 heavy (non-hydrogen) atoms. The second-order valence-corrected chi connectivity index (χ2v) is 12.2. The van der Waals surface area contributed by atoms with Crippen LogP contribution in [-0.4, -0.2) is 52.0 Å². The van der Waals surface area contributed by atoms with Gasteiger partial charge in [0.1, 0.15) is 0 Å². The highest BCUT2D eigenvalue weighted by molar-refractivity contribution is 6.43. The van der Waals surface area contributed by atoms with Gasteiger partial charge in [0.25, 0.3) is 0 Å². The van der Waals surface area contributed by atoms with Gasteiger partial charge in [-0.15, -0.1) is 0 Å². The van der Waals surface area contributed by atoms with E-state index in [1.54, 1.807) is 12.4 Å². The molecular formula is C33H35Cl2N5O. The quantitative estimate of drug-likeness (QED) is 0.324. The number of benzene rings is 2. The van der Waals surface area contributed by atoms with Crippen LogP contribution in [0.5, 0.6) is 0 Å². The lowest BCUT2D eigenvalue weighted by Crippen LogP contribution is -2.49. The molecule has 0 spiro atoms. The molecule has 6 rings (SSSR count). The van der Waals surface area contributed by atoms with Crippen molar-refractivity contribution in [2.75, 3.05) is 20.1 Å². The van der Waals surface area contributed by atoms with E-state index in [2.05, 4.69) is 50.2 Å². The van der Waals surface area contributed by atoms with Crippen molar-refractivity contribution in [1.29, 1.82) is 0 Å². The third-order valence-electron chi connectivity index (χ3n) is 8.73. The number of urea groups is 1. The fourth-order valence-electron chi connectivity index (χ4n) is 6.08. The van der Waals surface area contributed by atoms with Gasteiger partial charge in [-0.1, -0.05) is 53.2 Å². The number of aryl methyl sites for hydroxylation is 1. The Balaban J connectivity index is 1.04. The van der Waals surface area contributed by atoms with Crippen LogP contribution in [-0.2, 0) is 6.42 Å². The lowest BCUT2D eigenvalue weighted by molar-refractivity contribution is 0.105. The first-order valence-electron chi connectivity index (χ1n) is 14.6. The molecule has 1 saturated heterocycles. The van der Waals surface area contributed by atoms with E-state index in [1.165, 1.54) is 11.1 Å². The Morgan fingerprint density at radius 1 is 1.05 bits per heavy atom. The normalized spacial score (nSPS) is 19.7. The van der Waals surface area contributed by atoms with Crippen molar-refractivity contribution in [3.05, 3.63) is 81.1 Å². The van der Waals surface area contributed by atoms with Crippen molar-refractivity contribution in [2.45, 2.75) is 63.6 Å². The van der Waals surface area contributed by atoms with Gasteiger partial charge in [0.05, 0.1) is 16.1 Å². The Morgan fingerprint density at radius 3 is 2.54 bits per heavy atom. The lowest BCUT2D eigenvalue weighted by atomic mass is 9.98. The highest BCUT2D eigenvalue weighted by atomic mass is 35.5. The number of aromatic nitrogens is 2. The number of halogens is 2. The highest BCUT2D eigenvalue weighted by Crippen LogP contribution is 2.39. The fraction of sp³-hybridized carbons (Fsp3) is 0.424. The fourth-order valence-corrected chi connectivity index (χ4v) is 6.63. The van der Waals surface area contributed by atoms with Gasteiger partial charge in [0, 0.05) is 61.7 Å². The van der Waals surface area contributed by atoms with E-state index in [1.807, 2.05) is 37.1 Å². The standard InChI is InChI=1S/C33H35Cl2N5O/c1-21(27-11-8-23(30(34)31(27)35)7-6-22-4-5-22)38-33(41)39(2)26-14-18-40(19-15-26)29-13-10-24-20-25(9-12-28(24)29)32-36-16-3-17-37-32/h3,8-9,11-12,16-17,20-22,26,29H,4-5,10,13-15,18-19H2,1-2H3,(H,38,41)/t21-,29?/m0/s1. The van der Waals surface area contributed by atoms with Crippen molar-refractivity contribution in [3.8, 4) is 23.2 Å². The molecule has 0 radical (unpaired) electrons. The third-order valence-corrected chi connectivity index (χ3v) is 9.62. The number of carbonyl (C=O) groups is 1. The van der Waals surface area contributed by atoms with Crippen LogP contribution >= 0.6 is 23.2 Å². The lowest BCUT2D eigenvalue weighted by Gasteiger charge is -2.40. The Morgan fingerprint density at radius 2 is 1.80 bits per heavy atom. The van der Waals surface area contributed by atoms with E-state index in [-0.39, 0.29) is 18.1 Å². The van der Waals surface area contributed by atoms with Crippen molar-refractivity contribution in [1.82, 2.24) is 25.1 Å². The van der Waals surface area contributed by atoms with Gasteiger partial charge in [-0.3, -0.25) is 4.90 Å². The van der Waals surface area contributed by atoms with Crippen molar-refractivity contribution in [2.24, 2.45) is 5.92 Å². The summed E-state index contributed by atoms with van der Waals surface area (Å²) in [5, 5.41) is 4.04. The van der Waals surface area contributed by atoms with Gasteiger partial charge in [-0.2, -0.15) is 0 Å². The smallest absolute Gasteiger partial charge is 0.317 e. The molecule has 2 heterocycles. The Labute approximate surface area is 252 Å². The molecule has 3 aliphatic rings. The number of likely N-dealkylation sites (tertiary alicyclic amines) is 1. The molecule has 1 unspecified atom stereocenters. The Bertz CT molecular complexity index is 1490. The van der Waals surface area contributed by atoms with Crippen LogP contribution in [0.3, 0.4) is 0 Å². The van der Waals surface area contributed by atoms with E-state index in [9.17, 15) is 4.79 Å². The zero-order chi connectivity index (χ0) is 28.5. The number of nitrogens with one attached hydrogen (secondary N) is 1. The van der Waals surface area contributed by atoms with Crippen LogP contribution in [0.1, 0.15) is 73.4 Å². The second-order valence-electron chi connectivity index (χ2n) is 11.5. The zero-order valence-electron chi connectivity index (χ0n) is 23.5. The SMILES string of the molecule is C[C@H](NC(=O)N(C)C1CCN(C2CCc3cc(-c4ncccn4)ccc32)CC1)c1ccc(C#CC2CC2)c(Cl)c1Cl. The van der Waals surface area contributed by atoms with Crippen LogP contribution in [0.2, 0.25) is 10.0 Å². The van der Waals surface area contributed by atoms with E-state index in [4.69, 9.17) is 23.2 Å². The summed E-state index contributed by atoms with van der Waals surface area (Å²) in [5.41, 5.74) is 5.43. The summed E-state index contributed by atoms with van der Waals surface area (Å²) in [6.07, 6.45) is 9.98. The average Bonchev–Trinajstić information content (AvgIpc) is 3.74. The highest BCUT2D eigenvalue weighted by Gasteiger charge is 2.33. The van der Waals surface area contributed by atoms with E-state index in [0.717, 1.165) is 74.1 Å². The van der Waals surface area contributed by atoms with Crippen LogP contribution < -0.4 is 5.32 Å². The first kappa shape index (κ1) is 28.0. The van der Waals surface area contributed by atoms with Crippen molar-refractivity contribution < 1.29 is 4.79 Å². The van der Waals surface area contributed by atoms with Crippen molar-refractivity contribution in [3.63, 3.8) is 0 Å². The molecule has 8 heteroatoms. The minimum Gasteiger partial charge on any atom is -0.331 e. The summed E-state index contributed by atoms with van der Waals surface area (Å²) < 4.78 is 0. The maximum Gasteiger partial charge on any atom is 0.317 e. The van der Waals surface area contributed by atoms with Crippen LogP contribution in [0.4, 0.5) is 4.79 Å². The molecule has 2 atom stereocenters. The number of amides is 2. The summed E-state index contributed by atoms with van der Waals surface area (Å²) in [4.78, 5) is 26.5. The van der Waals surface area contributed by atoms with E-state index < -0.39 is 0 Å². The second kappa shape index (κ2) is 12.0. The van der Waals surface area contributed by atoms with Crippen LogP contribution in [0.25, 0.3) is 11.4 Å². The molecule has 1 saturated carbocycles. The van der Waals surface area contributed by atoms with Gasteiger partial charge in [0.15, 0.2) is 5.82 Å². The van der Waals surface area contributed by atoms with E-state index >= 15 is 0 Å². The monoisotopic (exact) mass is 587 g/mol. The minimum atomic E-state index is -0.276. The van der Waals surface area contributed by atoms with Gasteiger partial charge < -0.3 is 10.2 Å². The predicted molar refractivity (Wildman–Crippen MR) is 164 cm³/mol. The molecule has 1 aromatic heterocycles. The van der Waals surface area contributed by atoms with Crippen LogP contribution in [0, 0.1) is 17.8 Å². The zero-order valence-corrected chi connectivity index (χ0v) is 25.0. The summed E-state index contributed by atoms with van der Waals surface area (Å²) >= 11 is 13.1. The molecule has 0 bridgehead atoms. The molecule has 1 N–H and O–H groups in total. The average molecular weight is 589 g/mol. The number of hydrogen-bond acceptors (Lipinski definition) is 4. The molecular weight excluding hydrogens is 553 g/mol. The predicted octanol–water partition coefficient (Wildman–Crippen LogP) is 7.07. The van der Waals surface area contributed by atoms with Crippen molar-refractivity contribution >= 4 is 29.2 Å². The molecule has 3 aromatic rings. The molecule has 1 aliphatic heterocycles. The third kappa shape index (κ3) is 6.09. The Hall–Kier alpha value is -3.11. The topological polar surface area (TPSA) is 61.4 Å². The van der Waals surface area contributed by atoms with Gasteiger partial charge in [0.2, 0.25) is 0 Å². The summed E-state index contributed by atoms with van der Waals surface area (Å²) in [5.74, 6) is 7.64. The first-order valence-corrected chi connectivity index (χ1v) is 15.3. The minimum absolute atomic E-state index is 0.0948. The van der Waals surface area contributed by atoms with Gasteiger partial charge in [-0.25, -0.2) is 14.8 Å². The van der Waals surface area contributed by atoms with E-state index in [0.29, 0.717) is 22.0 Å². The van der Waals surface area contributed by atoms with Gasteiger partial charge in [-0.05, 0) is 80.3 Å². The maximum absolute atomic E-state index is 13.2. The number of rotatable bonds is 5. The Kier molecular flexibility index (Phi) is 8.21. The number of fused-ring (bicyclic) bond motifs is 1. The summed E-state index contributed by atoms with van der Waals surface area (Å²) in [6.45, 7) is 3.88. The molecule has 2 aromatic carbocycles. The number of carbonyl (C=O) groups excluding carboxylic acids is 1. The van der Waals surface area contributed by atoms with Gasteiger partial charge >= 0.3 is 6.03 Å². The maximum atomic E-state index is 13.2. The molecule has 6 nitrogen and oxygen atoms in total. The number of hydrogen-bond donors (Lipinski definition) is 1. The molecule has 2 amide bonds. The molecule has 2 fully saturated rings. The largest absolute Gasteiger partial charge is 0.331 e. The summed E-state index contributed by atoms with van der Waals surface area (Å²) in [6, 6.07) is 12.6.